The molecule has 0 amide bonds. The minimum absolute atomic E-state index is 0.487. The van der Waals surface area contributed by atoms with Crippen molar-refractivity contribution >= 4 is 0 Å². The molecule has 9 unspecified atom stereocenters. The van der Waals surface area contributed by atoms with E-state index < -0.39 is 0 Å². The Morgan fingerprint density at radius 1 is 0.621 bits per heavy atom. The predicted molar refractivity (Wildman–Crippen MR) is 109 cm³/mol. The summed E-state index contributed by atoms with van der Waals surface area (Å²) in [6.07, 6.45) is 6.24. The van der Waals surface area contributed by atoms with E-state index in [0.717, 1.165) is 82.2 Å². The first-order valence-corrected chi connectivity index (χ1v) is 12.1. The molecule has 164 valence electrons. The minimum atomic E-state index is 0.487. The molecule has 2 saturated carbocycles. The molecule has 9 atom stereocenters. The molecule has 6 heteroatoms. The summed E-state index contributed by atoms with van der Waals surface area (Å²) < 4.78 is 22.2. The van der Waals surface area contributed by atoms with Crippen molar-refractivity contribution < 1.29 is 18.9 Å². The second-order valence-electron chi connectivity index (χ2n) is 10.8. The number of epoxide rings is 4. The Morgan fingerprint density at radius 2 is 1.10 bits per heavy atom. The number of rotatable bonds is 12. The van der Waals surface area contributed by atoms with E-state index in [-0.39, 0.29) is 0 Å². The molecule has 0 radical (unpaired) electrons. The summed E-state index contributed by atoms with van der Waals surface area (Å²) in [5.74, 6) is 4.43. The zero-order chi connectivity index (χ0) is 19.4. The van der Waals surface area contributed by atoms with E-state index in [2.05, 4.69) is 16.7 Å². The third kappa shape index (κ3) is 4.99. The van der Waals surface area contributed by atoms with Gasteiger partial charge in [-0.1, -0.05) is 6.92 Å². The number of hydrogen-bond acceptors (Lipinski definition) is 6. The number of ether oxygens (including phenoxy) is 4. The zero-order valence-corrected chi connectivity index (χ0v) is 17.9. The van der Waals surface area contributed by atoms with Gasteiger partial charge in [0.2, 0.25) is 0 Å². The van der Waals surface area contributed by atoms with Crippen molar-refractivity contribution in [3.63, 3.8) is 0 Å². The highest BCUT2D eigenvalue weighted by atomic mass is 16.6. The lowest BCUT2D eigenvalue weighted by Gasteiger charge is -2.30. The maximum Gasteiger partial charge on any atom is 0.0936 e. The average Bonchev–Trinajstić information content (AvgIpc) is 3.52. The summed E-state index contributed by atoms with van der Waals surface area (Å²) in [7, 11) is 0. The van der Waals surface area contributed by atoms with Crippen LogP contribution in [0.2, 0.25) is 0 Å². The summed E-state index contributed by atoms with van der Waals surface area (Å²) in [5, 5.41) is 0. The lowest BCUT2D eigenvalue weighted by molar-refractivity contribution is 0.150. The fourth-order valence-electron chi connectivity index (χ4n) is 6.57. The van der Waals surface area contributed by atoms with E-state index in [1.165, 1.54) is 32.4 Å². The molecule has 0 spiro atoms. The average molecular weight is 407 g/mol. The molecule has 6 aliphatic rings. The van der Waals surface area contributed by atoms with Crippen LogP contribution in [0.25, 0.3) is 0 Å². The molecule has 0 bridgehead atoms. The van der Waals surface area contributed by atoms with Gasteiger partial charge >= 0.3 is 0 Å². The first-order valence-electron chi connectivity index (χ1n) is 12.1. The van der Waals surface area contributed by atoms with Crippen molar-refractivity contribution in [2.24, 2.45) is 29.6 Å². The van der Waals surface area contributed by atoms with Gasteiger partial charge in [-0.15, -0.1) is 0 Å². The van der Waals surface area contributed by atoms with E-state index in [1.807, 2.05) is 0 Å². The van der Waals surface area contributed by atoms with Gasteiger partial charge in [-0.3, -0.25) is 9.80 Å². The molecule has 0 aromatic heterocycles. The fourth-order valence-corrected chi connectivity index (χ4v) is 6.57. The second kappa shape index (κ2) is 8.03. The highest BCUT2D eigenvalue weighted by Crippen LogP contribution is 2.53. The Balaban J connectivity index is 1.06. The summed E-state index contributed by atoms with van der Waals surface area (Å²) in [6, 6.07) is 0. The Bertz CT molecular complexity index is 547. The molecule has 6 fully saturated rings. The molecule has 29 heavy (non-hydrogen) atoms. The largest absolute Gasteiger partial charge is 0.372 e. The third-order valence-corrected chi connectivity index (χ3v) is 8.37. The van der Waals surface area contributed by atoms with Crippen molar-refractivity contribution in [2.75, 3.05) is 65.7 Å². The van der Waals surface area contributed by atoms with Crippen LogP contribution in [0.4, 0.5) is 0 Å². The molecule has 2 aliphatic carbocycles. The lowest BCUT2D eigenvalue weighted by atomic mass is 9.87. The van der Waals surface area contributed by atoms with Gasteiger partial charge in [0.05, 0.1) is 50.8 Å². The molecule has 0 aromatic rings. The number of nitrogens with zero attached hydrogens (tertiary/aromatic N) is 2. The first kappa shape index (κ1) is 19.4. The van der Waals surface area contributed by atoms with E-state index in [0.29, 0.717) is 24.4 Å². The zero-order valence-electron chi connectivity index (χ0n) is 17.9. The van der Waals surface area contributed by atoms with Crippen molar-refractivity contribution in [3.8, 4) is 0 Å². The van der Waals surface area contributed by atoms with E-state index in [1.54, 1.807) is 0 Å². The molecule has 4 saturated heterocycles. The van der Waals surface area contributed by atoms with Gasteiger partial charge in [0.1, 0.15) is 0 Å². The van der Waals surface area contributed by atoms with Crippen LogP contribution in [0.15, 0.2) is 0 Å². The maximum atomic E-state index is 5.54. The van der Waals surface area contributed by atoms with Crippen molar-refractivity contribution in [1.29, 1.82) is 0 Å². The number of hydrogen-bond donors (Lipinski definition) is 0. The molecule has 6 rings (SSSR count). The fraction of sp³-hybridized carbons (Fsp3) is 1.00. The second-order valence-corrected chi connectivity index (χ2v) is 10.8. The van der Waals surface area contributed by atoms with Crippen LogP contribution >= 0.6 is 0 Å². The van der Waals surface area contributed by atoms with Crippen LogP contribution < -0.4 is 0 Å². The van der Waals surface area contributed by atoms with Gasteiger partial charge in [0, 0.05) is 39.3 Å². The smallest absolute Gasteiger partial charge is 0.0936 e. The van der Waals surface area contributed by atoms with Crippen molar-refractivity contribution in [2.45, 2.75) is 50.6 Å². The quantitative estimate of drug-likeness (QED) is 0.458. The van der Waals surface area contributed by atoms with Crippen LogP contribution in [-0.4, -0.2) is 99.9 Å². The van der Waals surface area contributed by atoms with Gasteiger partial charge in [-0.25, -0.2) is 0 Å². The summed E-state index contributed by atoms with van der Waals surface area (Å²) >= 11 is 0. The normalized spacial score (nSPS) is 47.1. The monoisotopic (exact) mass is 406 g/mol. The maximum absolute atomic E-state index is 5.54. The molecule has 4 heterocycles. The van der Waals surface area contributed by atoms with Gasteiger partial charge in [-0.2, -0.15) is 0 Å². The SMILES string of the molecule is CC1CC2C(CN(CC3CO3)CC3CO3)CCC2C1CN(CC1CO1)CC1CO1. The number of fused-ring (bicyclic) bond motifs is 1. The molecular formula is C23H38N2O4. The lowest BCUT2D eigenvalue weighted by Crippen LogP contribution is -2.38. The Kier molecular flexibility index (Phi) is 5.38. The van der Waals surface area contributed by atoms with Crippen molar-refractivity contribution in [1.82, 2.24) is 9.80 Å². The highest BCUT2D eigenvalue weighted by Gasteiger charge is 2.49. The standard InChI is InChI=1S/C23H38N2O4/c1-15-4-22-16(5-24(6-17-11-26-17)7-18-12-27-18)2-3-21(22)23(15)10-25(8-19-13-28-19)9-20-14-29-20/h15-23H,2-14H2,1H3. The Hall–Kier alpha value is -0.240. The van der Waals surface area contributed by atoms with Crippen LogP contribution in [-0.2, 0) is 18.9 Å². The summed E-state index contributed by atoms with van der Waals surface area (Å²) in [6.45, 7) is 13.3. The highest BCUT2D eigenvalue weighted by molar-refractivity contribution is 4.99. The molecule has 0 N–H and O–H groups in total. The van der Waals surface area contributed by atoms with Crippen LogP contribution in [0.3, 0.4) is 0 Å². The molecule has 4 aliphatic heterocycles. The van der Waals surface area contributed by atoms with Crippen LogP contribution in [0.1, 0.15) is 26.2 Å². The molecular weight excluding hydrogens is 368 g/mol. The van der Waals surface area contributed by atoms with E-state index >= 15 is 0 Å². The predicted octanol–water partition coefficient (Wildman–Crippen LogP) is 1.48. The van der Waals surface area contributed by atoms with Gasteiger partial charge in [0.25, 0.3) is 0 Å². The van der Waals surface area contributed by atoms with Gasteiger partial charge in [-0.05, 0) is 48.9 Å². The van der Waals surface area contributed by atoms with Gasteiger partial charge < -0.3 is 18.9 Å². The third-order valence-electron chi connectivity index (χ3n) is 8.37. The van der Waals surface area contributed by atoms with E-state index in [9.17, 15) is 0 Å². The van der Waals surface area contributed by atoms with Crippen molar-refractivity contribution in [3.05, 3.63) is 0 Å². The summed E-state index contributed by atoms with van der Waals surface area (Å²) in [5.41, 5.74) is 0. The Morgan fingerprint density at radius 3 is 1.59 bits per heavy atom. The van der Waals surface area contributed by atoms with Crippen LogP contribution in [0, 0.1) is 29.6 Å². The van der Waals surface area contributed by atoms with Gasteiger partial charge in [0.15, 0.2) is 0 Å². The molecule has 0 aromatic carbocycles. The topological polar surface area (TPSA) is 56.6 Å². The minimum Gasteiger partial charge on any atom is -0.372 e. The van der Waals surface area contributed by atoms with Crippen LogP contribution in [0.5, 0.6) is 0 Å². The summed E-state index contributed by atoms with van der Waals surface area (Å²) in [4.78, 5) is 5.34. The first-order chi connectivity index (χ1) is 14.2. The van der Waals surface area contributed by atoms with E-state index in [4.69, 9.17) is 18.9 Å². The molecule has 6 nitrogen and oxygen atoms in total. The Labute approximate surface area is 175 Å².